The molecule has 0 saturated carbocycles. The molecular weight excluding hydrogens is 440 g/mol. The van der Waals surface area contributed by atoms with E-state index in [-0.39, 0.29) is 18.2 Å². The van der Waals surface area contributed by atoms with E-state index in [4.69, 9.17) is 14.6 Å². The molecule has 0 heterocycles. The van der Waals surface area contributed by atoms with Crippen molar-refractivity contribution in [2.45, 2.75) is 92.8 Å². The number of carbonyl (C=O) groups is 1. The predicted molar refractivity (Wildman–Crippen MR) is 145 cm³/mol. The molecule has 5 nitrogen and oxygen atoms in total. The van der Waals surface area contributed by atoms with E-state index >= 15 is 0 Å². The van der Waals surface area contributed by atoms with Gasteiger partial charge in [-0.25, -0.2) is 0 Å². The second kappa shape index (κ2) is 18.8. The van der Waals surface area contributed by atoms with Crippen LogP contribution in [0.2, 0.25) is 0 Å². The highest BCUT2D eigenvalue weighted by Gasteiger charge is 2.08. The van der Waals surface area contributed by atoms with E-state index < -0.39 is 0 Å². The van der Waals surface area contributed by atoms with Crippen LogP contribution in [-0.4, -0.2) is 31.1 Å². The second-order valence-corrected chi connectivity index (χ2v) is 8.75. The molecule has 0 aliphatic carbocycles. The minimum absolute atomic E-state index is 0.0556. The van der Waals surface area contributed by atoms with Gasteiger partial charge in [-0.2, -0.15) is 0 Å². The normalized spacial score (nSPS) is 13.6. The Bertz CT molecular complexity index is 785. The highest BCUT2D eigenvalue weighted by molar-refractivity contribution is 5.71. The van der Waals surface area contributed by atoms with Crippen LogP contribution in [0.25, 0.3) is 0 Å². The van der Waals surface area contributed by atoms with Gasteiger partial charge in [-0.3, -0.25) is 4.79 Å². The number of methoxy groups -OCH3 is 1. The van der Waals surface area contributed by atoms with Crippen LogP contribution < -0.4 is 4.74 Å². The average Bonchev–Trinajstić information content (AvgIpc) is 2.88. The van der Waals surface area contributed by atoms with Crippen LogP contribution in [0, 0.1) is 5.92 Å². The summed E-state index contributed by atoms with van der Waals surface area (Å²) in [5, 5.41) is 9.01. The maximum atomic E-state index is 10.5. The Morgan fingerprint density at radius 3 is 1.57 bits per heavy atom. The Morgan fingerprint density at radius 2 is 1.23 bits per heavy atom. The molecule has 0 saturated heterocycles. The second-order valence-electron chi connectivity index (χ2n) is 8.75. The van der Waals surface area contributed by atoms with E-state index in [9.17, 15) is 4.79 Å². The van der Waals surface area contributed by atoms with Crippen molar-refractivity contribution in [3.8, 4) is 11.5 Å². The number of ether oxygens (including phenoxy) is 3. The lowest BCUT2D eigenvalue weighted by atomic mass is 9.99. The zero-order valence-corrected chi connectivity index (χ0v) is 23.3. The zero-order valence-electron chi connectivity index (χ0n) is 23.3. The van der Waals surface area contributed by atoms with Crippen molar-refractivity contribution in [2.75, 3.05) is 13.7 Å². The van der Waals surface area contributed by atoms with Crippen molar-refractivity contribution in [2.24, 2.45) is 5.92 Å². The summed E-state index contributed by atoms with van der Waals surface area (Å²) in [7, 11) is 1.41. The van der Waals surface area contributed by atoms with Gasteiger partial charge in [-0.15, -0.1) is 0 Å². The van der Waals surface area contributed by atoms with Gasteiger partial charge in [0.15, 0.2) is 6.29 Å². The lowest BCUT2D eigenvalue weighted by Gasteiger charge is -2.15. The van der Waals surface area contributed by atoms with Crippen molar-refractivity contribution in [3.05, 3.63) is 59.7 Å². The fourth-order valence-electron chi connectivity index (χ4n) is 2.98. The molecule has 198 valence electrons. The monoisotopic (exact) mass is 488 g/mol. The van der Waals surface area contributed by atoms with Crippen LogP contribution in [0.1, 0.15) is 97.6 Å². The molecule has 0 aromatic heterocycles. The van der Waals surface area contributed by atoms with Crippen molar-refractivity contribution in [1.82, 2.24) is 0 Å². The van der Waals surface area contributed by atoms with E-state index in [1.165, 1.54) is 18.2 Å². The van der Waals surface area contributed by atoms with Crippen molar-refractivity contribution >= 4 is 5.97 Å². The molecule has 4 unspecified atom stereocenters. The first-order valence-electron chi connectivity index (χ1n) is 12.9. The van der Waals surface area contributed by atoms with Crippen LogP contribution in [-0.2, 0) is 14.3 Å². The highest BCUT2D eigenvalue weighted by Crippen LogP contribution is 2.22. The molecule has 0 bridgehead atoms. The van der Waals surface area contributed by atoms with Gasteiger partial charge < -0.3 is 19.3 Å². The summed E-state index contributed by atoms with van der Waals surface area (Å²) in [6.45, 7) is 17.1. The first-order valence-corrected chi connectivity index (χ1v) is 12.9. The van der Waals surface area contributed by atoms with E-state index in [1.807, 2.05) is 52.0 Å². The predicted octanol–water partition coefficient (Wildman–Crippen LogP) is 8.07. The number of hydrogen-bond donors (Lipinski definition) is 1. The number of phenols is 1. The van der Waals surface area contributed by atoms with Crippen molar-refractivity contribution < 1.29 is 24.1 Å². The van der Waals surface area contributed by atoms with Gasteiger partial charge in [0.2, 0.25) is 0 Å². The number of aromatic hydroxyl groups is 1. The lowest BCUT2D eigenvalue weighted by molar-refractivity contribution is -0.144. The third-order valence-electron chi connectivity index (χ3n) is 6.06. The number of carbonyl (C=O) groups excluding carboxylic acids is 1. The Labute approximate surface area is 213 Å². The molecule has 0 aliphatic rings. The minimum Gasteiger partial charge on any atom is -0.508 e. The number of esters is 1. The fourth-order valence-corrected chi connectivity index (χ4v) is 2.98. The summed E-state index contributed by atoms with van der Waals surface area (Å²) in [5.41, 5.74) is 2.66. The largest absolute Gasteiger partial charge is 0.508 e. The SMILES string of the molecule is CCC(C)C(=O)OC.CCC(C)c1ccc(O)cc1.CCOC(C)Oc1ccc(C(C)CC)cc1. The molecule has 0 spiro atoms. The third kappa shape index (κ3) is 13.8. The Balaban J connectivity index is 0.000000530. The van der Waals surface area contributed by atoms with Crippen LogP contribution in [0.3, 0.4) is 0 Å². The summed E-state index contributed by atoms with van der Waals surface area (Å²) >= 11 is 0. The summed E-state index contributed by atoms with van der Waals surface area (Å²) < 4.78 is 15.4. The number of benzene rings is 2. The molecule has 2 rings (SSSR count). The van der Waals surface area contributed by atoms with Crippen LogP contribution in [0.4, 0.5) is 0 Å². The molecule has 5 heteroatoms. The maximum Gasteiger partial charge on any atom is 0.308 e. The summed E-state index contributed by atoms with van der Waals surface area (Å²) in [6.07, 6.45) is 2.98. The van der Waals surface area contributed by atoms with Crippen LogP contribution >= 0.6 is 0 Å². The van der Waals surface area contributed by atoms with Gasteiger partial charge in [0.1, 0.15) is 11.5 Å². The molecule has 4 atom stereocenters. The van der Waals surface area contributed by atoms with E-state index in [1.54, 1.807) is 12.1 Å². The minimum atomic E-state index is -0.181. The summed E-state index contributed by atoms with van der Waals surface area (Å²) in [5.74, 6) is 2.35. The Morgan fingerprint density at radius 1 is 0.771 bits per heavy atom. The first-order chi connectivity index (χ1) is 16.6. The van der Waals surface area contributed by atoms with Gasteiger partial charge in [0.05, 0.1) is 13.0 Å². The lowest BCUT2D eigenvalue weighted by Crippen LogP contribution is -2.15. The Hall–Kier alpha value is -2.53. The topological polar surface area (TPSA) is 65.0 Å². The molecule has 2 aromatic carbocycles. The van der Waals surface area contributed by atoms with Gasteiger partial charge in [0, 0.05) is 6.61 Å². The quantitative estimate of drug-likeness (QED) is 0.270. The van der Waals surface area contributed by atoms with Gasteiger partial charge in [-0.1, -0.05) is 65.8 Å². The van der Waals surface area contributed by atoms with E-state index in [2.05, 4.69) is 44.6 Å². The molecule has 2 aromatic rings. The number of hydrogen-bond acceptors (Lipinski definition) is 5. The van der Waals surface area contributed by atoms with E-state index in [0.29, 0.717) is 24.2 Å². The van der Waals surface area contributed by atoms with Crippen LogP contribution in [0.5, 0.6) is 11.5 Å². The number of rotatable bonds is 10. The smallest absolute Gasteiger partial charge is 0.308 e. The maximum absolute atomic E-state index is 10.5. The first kappa shape index (κ1) is 32.5. The standard InChI is InChI=1S/C14H22O2.C10H14O.C6H12O2/c1-5-11(3)13-7-9-14(10-8-13)16-12(4)15-6-2;1-3-8(2)9-4-6-10(11)7-5-9;1-4-5(2)6(7)8-3/h7-12H,5-6H2,1-4H3;4-8,11H,3H2,1-2H3;5H,4H2,1-3H3. The highest BCUT2D eigenvalue weighted by atomic mass is 16.7. The molecule has 1 N–H and O–H groups in total. The van der Waals surface area contributed by atoms with Gasteiger partial charge >= 0.3 is 5.97 Å². The third-order valence-corrected chi connectivity index (χ3v) is 6.06. The molecule has 0 radical (unpaired) electrons. The Kier molecular flexibility index (Phi) is 17.4. The van der Waals surface area contributed by atoms with Crippen molar-refractivity contribution in [1.29, 1.82) is 0 Å². The van der Waals surface area contributed by atoms with E-state index in [0.717, 1.165) is 25.0 Å². The van der Waals surface area contributed by atoms with Crippen molar-refractivity contribution in [3.63, 3.8) is 0 Å². The average molecular weight is 489 g/mol. The molecule has 0 fully saturated rings. The molecule has 35 heavy (non-hydrogen) atoms. The molecular formula is C30H48O5. The molecule has 0 amide bonds. The fraction of sp³-hybridized carbons (Fsp3) is 0.567. The van der Waals surface area contributed by atoms with Crippen LogP contribution in [0.15, 0.2) is 48.5 Å². The number of phenolic OH excluding ortho intramolecular Hbond substituents is 1. The summed E-state index contributed by atoms with van der Waals surface area (Å²) in [4.78, 5) is 10.5. The molecule has 0 aliphatic heterocycles. The zero-order chi connectivity index (χ0) is 26.8. The van der Waals surface area contributed by atoms with Gasteiger partial charge in [-0.05, 0) is 80.3 Å². The summed E-state index contributed by atoms with van der Waals surface area (Å²) in [6, 6.07) is 15.7. The van der Waals surface area contributed by atoms with Gasteiger partial charge in [0.25, 0.3) is 0 Å².